The molecule has 3 aliphatic carbocycles. The summed E-state index contributed by atoms with van der Waals surface area (Å²) >= 11 is 0. The van der Waals surface area contributed by atoms with Crippen LogP contribution in [0, 0.1) is 17.7 Å². The average Bonchev–Trinajstić information content (AvgIpc) is 3.39. The van der Waals surface area contributed by atoms with Crippen molar-refractivity contribution in [2.45, 2.75) is 44.2 Å². The van der Waals surface area contributed by atoms with E-state index in [-0.39, 0.29) is 37.2 Å². The Labute approximate surface area is 228 Å². The van der Waals surface area contributed by atoms with E-state index < -0.39 is 86.7 Å². The molecule has 12 nitrogen and oxygen atoms in total. The maximum absolute atomic E-state index is 15.4. The number of phenols is 1. The summed E-state index contributed by atoms with van der Waals surface area (Å²) in [7, 11) is 0. The van der Waals surface area contributed by atoms with Crippen LogP contribution in [-0.2, 0) is 25.6 Å². The first-order valence-electron chi connectivity index (χ1n) is 13.2. The molecule has 2 amide bonds. The summed E-state index contributed by atoms with van der Waals surface area (Å²) in [6.45, 7) is 3.36. The second kappa shape index (κ2) is 9.98. The van der Waals surface area contributed by atoms with Crippen molar-refractivity contribution in [3.8, 4) is 5.75 Å². The maximum Gasteiger partial charge on any atom is 0.255 e. The second-order valence-corrected chi connectivity index (χ2v) is 10.7. The van der Waals surface area contributed by atoms with Gasteiger partial charge >= 0.3 is 0 Å². The highest BCUT2D eigenvalue weighted by molar-refractivity contribution is 6.24. The number of rotatable bonds is 6. The number of benzene rings is 1. The molecule has 8 N–H and O–H groups in total. The molecule has 0 spiro atoms. The number of aliphatic hydroxyl groups is 3. The molecule has 0 aromatic heterocycles. The highest BCUT2D eigenvalue weighted by Gasteiger charge is 2.63. The van der Waals surface area contributed by atoms with Crippen molar-refractivity contribution in [3.05, 3.63) is 39.9 Å². The number of amides is 2. The number of primary amides is 1. The molecule has 4 aliphatic rings. The minimum absolute atomic E-state index is 0.0275. The zero-order valence-corrected chi connectivity index (χ0v) is 21.8. The molecule has 0 radical (unpaired) electrons. The normalized spacial score (nSPS) is 28.3. The van der Waals surface area contributed by atoms with E-state index >= 15 is 4.39 Å². The van der Waals surface area contributed by atoms with Gasteiger partial charge in [-0.3, -0.25) is 24.1 Å². The molecule has 0 bridgehead atoms. The highest BCUT2D eigenvalue weighted by Crippen LogP contribution is 2.53. The Bertz CT molecular complexity index is 1400. The van der Waals surface area contributed by atoms with Gasteiger partial charge in [-0.1, -0.05) is 6.92 Å². The Hall–Kier alpha value is -3.81. The van der Waals surface area contributed by atoms with Crippen LogP contribution in [-0.4, -0.2) is 86.5 Å². The molecule has 13 heteroatoms. The minimum atomic E-state index is -2.79. The SMILES string of the molecule is CCN[C@@H]1C(=O)C(C(N)=O)=C(O)[C@@]2(O)C(=O)C3=C(O)c4c(O)c(NC(=O)CN5CCCC5)cc(F)c4C[C@H]3C[C@@H]12. The van der Waals surface area contributed by atoms with Gasteiger partial charge in [-0.25, -0.2) is 4.39 Å². The van der Waals surface area contributed by atoms with Crippen LogP contribution in [0.2, 0.25) is 0 Å². The lowest BCUT2D eigenvalue weighted by Gasteiger charge is -2.49. The number of Topliss-reactive ketones (excluding diaryl/α,β-unsaturated/α-hetero) is 2. The zero-order chi connectivity index (χ0) is 29.1. The number of nitrogens with zero attached hydrogens (tertiary/aromatic N) is 1. The number of fused-ring (bicyclic) bond motifs is 3. The van der Waals surface area contributed by atoms with Crippen LogP contribution >= 0.6 is 0 Å². The van der Waals surface area contributed by atoms with Gasteiger partial charge in [-0.15, -0.1) is 0 Å². The predicted molar refractivity (Wildman–Crippen MR) is 138 cm³/mol. The van der Waals surface area contributed by atoms with Crippen molar-refractivity contribution in [2.75, 3.05) is 31.5 Å². The van der Waals surface area contributed by atoms with Crippen molar-refractivity contribution >= 4 is 34.8 Å². The molecule has 4 atom stereocenters. The number of anilines is 1. The number of halogens is 1. The molecular formula is C27H31FN4O8. The molecule has 1 aromatic carbocycles. The van der Waals surface area contributed by atoms with Crippen LogP contribution in [0.3, 0.4) is 0 Å². The lowest BCUT2D eigenvalue weighted by atomic mass is 9.57. The van der Waals surface area contributed by atoms with E-state index in [9.17, 15) is 39.6 Å². The van der Waals surface area contributed by atoms with E-state index in [1.807, 2.05) is 4.90 Å². The van der Waals surface area contributed by atoms with E-state index in [4.69, 9.17) is 5.73 Å². The van der Waals surface area contributed by atoms with E-state index in [1.54, 1.807) is 6.92 Å². The number of likely N-dealkylation sites (tertiary alicyclic amines) is 1. The van der Waals surface area contributed by atoms with Gasteiger partial charge in [0.2, 0.25) is 11.7 Å². The van der Waals surface area contributed by atoms with Gasteiger partial charge in [-0.2, -0.15) is 0 Å². The molecular weight excluding hydrogens is 527 g/mol. The van der Waals surface area contributed by atoms with Crippen molar-refractivity contribution in [3.63, 3.8) is 0 Å². The Morgan fingerprint density at radius 1 is 1.20 bits per heavy atom. The van der Waals surface area contributed by atoms with Crippen LogP contribution in [0.4, 0.5) is 10.1 Å². The predicted octanol–water partition coefficient (Wildman–Crippen LogP) is 0.185. The molecule has 214 valence electrons. The summed E-state index contributed by atoms with van der Waals surface area (Å²) in [6.07, 6.45) is 1.56. The molecule has 5 rings (SSSR count). The number of aromatic hydroxyl groups is 1. The van der Waals surface area contributed by atoms with Gasteiger partial charge in [0.1, 0.15) is 22.9 Å². The Morgan fingerprint density at radius 2 is 1.88 bits per heavy atom. The number of hydrogen-bond acceptors (Lipinski definition) is 10. The topological polar surface area (TPSA) is 203 Å². The smallest absolute Gasteiger partial charge is 0.255 e. The number of carbonyl (C=O) groups is 4. The quantitative estimate of drug-likeness (QED) is 0.186. The summed E-state index contributed by atoms with van der Waals surface area (Å²) in [5.41, 5.74) is 0.335. The molecule has 1 saturated carbocycles. The van der Waals surface area contributed by atoms with E-state index in [2.05, 4.69) is 10.6 Å². The van der Waals surface area contributed by atoms with Crippen molar-refractivity contribution in [1.29, 1.82) is 0 Å². The molecule has 1 aliphatic heterocycles. The fraction of sp³-hybridized carbons (Fsp3) is 0.481. The fourth-order valence-electron chi connectivity index (χ4n) is 6.58. The van der Waals surface area contributed by atoms with Gasteiger partial charge in [0.25, 0.3) is 5.91 Å². The highest BCUT2D eigenvalue weighted by atomic mass is 19.1. The van der Waals surface area contributed by atoms with E-state index in [1.165, 1.54) is 0 Å². The number of hydrogen-bond donors (Lipinski definition) is 7. The number of likely N-dealkylation sites (N-methyl/N-ethyl adjacent to an activating group) is 1. The van der Waals surface area contributed by atoms with Crippen molar-refractivity contribution < 1.29 is 44.0 Å². The van der Waals surface area contributed by atoms with Gasteiger partial charge in [0.15, 0.2) is 17.1 Å². The molecule has 40 heavy (non-hydrogen) atoms. The maximum atomic E-state index is 15.4. The largest absolute Gasteiger partial charge is 0.508 e. The monoisotopic (exact) mass is 558 g/mol. The molecule has 1 saturated heterocycles. The molecule has 1 heterocycles. The Balaban J connectivity index is 1.58. The zero-order valence-electron chi connectivity index (χ0n) is 21.8. The van der Waals surface area contributed by atoms with Gasteiger partial charge in [0, 0.05) is 23.1 Å². The first-order valence-corrected chi connectivity index (χ1v) is 13.2. The number of carbonyl (C=O) groups excluding carboxylic acids is 4. The van der Waals surface area contributed by atoms with Crippen molar-refractivity contribution in [2.24, 2.45) is 17.6 Å². The van der Waals surface area contributed by atoms with Crippen LogP contribution in [0.25, 0.3) is 5.76 Å². The Kier molecular flexibility index (Phi) is 6.92. The number of aliphatic hydroxyl groups excluding tert-OH is 2. The van der Waals surface area contributed by atoms with Crippen LogP contribution in [0.15, 0.2) is 23.0 Å². The first-order chi connectivity index (χ1) is 18.9. The third kappa shape index (κ3) is 4.07. The average molecular weight is 559 g/mol. The number of ketones is 2. The molecule has 2 fully saturated rings. The lowest BCUT2D eigenvalue weighted by molar-refractivity contribution is -0.150. The number of nitrogens with two attached hydrogens (primary N) is 1. The van der Waals surface area contributed by atoms with E-state index in [0.29, 0.717) is 0 Å². The van der Waals surface area contributed by atoms with Crippen LogP contribution in [0.5, 0.6) is 5.75 Å². The second-order valence-electron chi connectivity index (χ2n) is 10.7. The van der Waals surface area contributed by atoms with Gasteiger partial charge in [0.05, 0.1) is 23.8 Å². The third-order valence-electron chi connectivity index (χ3n) is 8.41. The third-order valence-corrected chi connectivity index (χ3v) is 8.41. The summed E-state index contributed by atoms with van der Waals surface area (Å²) in [6, 6.07) is -0.330. The van der Waals surface area contributed by atoms with E-state index in [0.717, 1.165) is 32.0 Å². The first kappa shape index (κ1) is 27.7. The lowest BCUT2D eigenvalue weighted by Crippen LogP contribution is -2.66. The molecule has 0 unspecified atom stereocenters. The fourth-order valence-corrected chi connectivity index (χ4v) is 6.58. The van der Waals surface area contributed by atoms with Crippen molar-refractivity contribution in [1.82, 2.24) is 10.2 Å². The van der Waals surface area contributed by atoms with Crippen LogP contribution in [0.1, 0.15) is 37.3 Å². The summed E-state index contributed by atoms with van der Waals surface area (Å²) in [5, 5.41) is 50.0. The summed E-state index contributed by atoms with van der Waals surface area (Å²) in [5.74, 6) is -9.65. The standard InChI is InChI=1S/C27H31FN4O8/c1-2-30-20-13-8-11-7-12-14(28)9-15(31-16(33)10-32-5-3-4-6-32)21(34)18(12)22(35)17(11)24(37)27(13,40)25(38)19(23(20)36)26(29)39/h9,11,13,20,30,34-35,38,40H,2-8,10H2,1H3,(H2,29,39)(H,31,33)/t11-,13-,20-,27-/m0/s1. The minimum Gasteiger partial charge on any atom is -0.508 e. The van der Waals surface area contributed by atoms with Gasteiger partial charge < -0.3 is 36.8 Å². The van der Waals surface area contributed by atoms with Crippen LogP contribution < -0.4 is 16.4 Å². The summed E-state index contributed by atoms with van der Waals surface area (Å²) in [4.78, 5) is 53.3. The number of nitrogens with one attached hydrogen (secondary N) is 2. The number of phenolic OH excluding ortho intramolecular Hbond substituents is 1. The Morgan fingerprint density at radius 3 is 2.50 bits per heavy atom. The molecule has 1 aromatic rings. The van der Waals surface area contributed by atoms with Gasteiger partial charge in [-0.05, 0) is 51.2 Å². The summed E-state index contributed by atoms with van der Waals surface area (Å²) < 4.78 is 15.4.